The number of carbonyl (C=O) groups is 2. The molecule has 1 N–H and O–H groups in total. The molecule has 0 saturated carbocycles. The first kappa shape index (κ1) is 16.0. The Balaban J connectivity index is 2.68. The van der Waals surface area contributed by atoms with E-state index in [1.54, 1.807) is 18.2 Å². The molecule has 0 spiro atoms. The zero-order valence-electron chi connectivity index (χ0n) is 12.4. The molecule has 5 heteroatoms. The first-order chi connectivity index (χ1) is 9.47. The van der Waals surface area contributed by atoms with Gasteiger partial charge in [0.1, 0.15) is 0 Å². The number of benzene rings is 1. The molecule has 5 nitrogen and oxygen atoms in total. The zero-order valence-corrected chi connectivity index (χ0v) is 12.4. The number of hydrogen-bond acceptors (Lipinski definition) is 4. The van der Waals surface area contributed by atoms with E-state index in [-0.39, 0.29) is 24.3 Å². The van der Waals surface area contributed by atoms with Gasteiger partial charge in [0.15, 0.2) is 23.9 Å². The fraction of sp³-hybridized carbons (Fsp3) is 0.467. The Labute approximate surface area is 119 Å². The third-order valence-electron chi connectivity index (χ3n) is 2.95. The number of Topliss-reactive ketones (excluding diaryl/α,β-unsaturated/α-hetero) is 1. The van der Waals surface area contributed by atoms with Gasteiger partial charge in [-0.1, -0.05) is 6.92 Å². The van der Waals surface area contributed by atoms with Crippen LogP contribution in [-0.4, -0.2) is 31.4 Å². The molecular formula is C15H21NO4. The second kappa shape index (κ2) is 7.53. The van der Waals surface area contributed by atoms with Crippen molar-refractivity contribution in [3.8, 4) is 11.5 Å². The molecule has 0 fully saturated rings. The molecule has 1 aromatic carbocycles. The van der Waals surface area contributed by atoms with Crippen molar-refractivity contribution in [2.75, 3.05) is 13.7 Å². The maximum atomic E-state index is 11.6. The molecule has 20 heavy (non-hydrogen) atoms. The quantitative estimate of drug-likeness (QED) is 0.777. The maximum Gasteiger partial charge on any atom is 0.258 e. The highest BCUT2D eigenvalue weighted by Gasteiger charge is 2.11. The lowest BCUT2D eigenvalue weighted by molar-refractivity contribution is -0.123. The minimum atomic E-state index is -0.183. The Morgan fingerprint density at radius 1 is 1.30 bits per heavy atom. The summed E-state index contributed by atoms with van der Waals surface area (Å²) in [4.78, 5) is 22.9. The van der Waals surface area contributed by atoms with Gasteiger partial charge < -0.3 is 14.8 Å². The fourth-order valence-electron chi connectivity index (χ4n) is 1.57. The molecule has 1 amide bonds. The van der Waals surface area contributed by atoms with Crippen molar-refractivity contribution >= 4 is 11.7 Å². The molecular weight excluding hydrogens is 258 g/mol. The lowest BCUT2D eigenvalue weighted by Gasteiger charge is -2.14. The molecule has 0 aromatic heterocycles. The molecule has 1 atom stereocenters. The Kier molecular flexibility index (Phi) is 6.03. The molecule has 0 heterocycles. The van der Waals surface area contributed by atoms with Crippen LogP contribution in [0, 0.1) is 0 Å². The molecule has 0 radical (unpaired) electrons. The smallest absolute Gasteiger partial charge is 0.258 e. The lowest BCUT2D eigenvalue weighted by Crippen LogP contribution is -2.35. The largest absolute Gasteiger partial charge is 0.493 e. The highest BCUT2D eigenvalue weighted by Crippen LogP contribution is 2.28. The monoisotopic (exact) mass is 279 g/mol. The van der Waals surface area contributed by atoms with Gasteiger partial charge in [-0.2, -0.15) is 0 Å². The minimum Gasteiger partial charge on any atom is -0.493 e. The van der Waals surface area contributed by atoms with E-state index < -0.39 is 0 Å². The van der Waals surface area contributed by atoms with Gasteiger partial charge in [-0.25, -0.2) is 0 Å². The lowest BCUT2D eigenvalue weighted by atomic mass is 10.1. The number of amides is 1. The van der Waals surface area contributed by atoms with Crippen LogP contribution in [0.2, 0.25) is 0 Å². The van der Waals surface area contributed by atoms with Gasteiger partial charge in [0.2, 0.25) is 0 Å². The van der Waals surface area contributed by atoms with E-state index in [1.165, 1.54) is 14.0 Å². The molecule has 0 aliphatic rings. The zero-order chi connectivity index (χ0) is 15.1. The van der Waals surface area contributed by atoms with Gasteiger partial charge in [0, 0.05) is 11.6 Å². The molecule has 110 valence electrons. The second-order valence-electron chi connectivity index (χ2n) is 4.59. The van der Waals surface area contributed by atoms with Crippen molar-refractivity contribution in [1.29, 1.82) is 0 Å². The van der Waals surface area contributed by atoms with Crippen LogP contribution >= 0.6 is 0 Å². The van der Waals surface area contributed by atoms with Gasteiger partial charge in [-0.3, -0.25) is 9.59 Å². The average Bonchev–Trinajstić information content (AvgIpc) is 2.44. The van der Waals surface area contributed by atoms with Crippen LogP contribution in [0.1, 0.15) is 37.6 Å². The third kappa shape index (κ3) is 4.57. The van der Waals surface area contributed by atoms with Crippen molar-refractivity contribution in [3.63, 3.8) is 0 Å². The fourth-order valence-corrected chi connectivity index (χ4v) is 1.57. The number of ether oxygens (including phenoxy) is 2. The van der Waals surface area contributed by atoms with Crippen LogP contribution in [0.3, 0.4) is 0 Å². The Bertz CT molecular complexity index is 485. The van der Waals surface area contributed by atoms with Crippen molar-refractivity contribution in [3.05, 3.63) is 23.8 Å². The molecule has 1 aromatic rings. The molecule has 0 saturated heterocycles. The molecule has 1 rings (SSSR count). The van der Waals surface area contributed by atoms with E-state index >= 15 is 0 Å². The molecule has 1 unspecified atom stereocenters. The van der Waals surface area contributed by atoms with Crippen LogP contribution in [0.15, 0.2) is 18.2 Å². The van der Waals surface area contributed by atoms with Crippen LogP contribution < -0.4 is 14.8 Å². The van der Waals surface area contributed by atoms with E-state index in [2.05, 4.69) is 5.32 Å². The summed E-state index contributed by atoms with van der Waals surface area (Å²) >= 11 is 0. The van der Waals surface area contributed by atoms with Crippen molar-refractivity contribution in [2.45, 2.75) is 33.2 Å². The first-order valence-corrected chi connectivity index (χ1v) is 6.59. The summed E-state index contributed by atoms with van der Waals surface area (Å²) in [5.41, 5.74) is 0.540. The van der Waals surface area contributed by atoms with Gasteiger partial charge in [0.25, 0.3) is 5.91 Å². The Morgan fingerprint density at radius 2 is 2.00 bits per heavy atom. The standard InChI is InChI=1S/C15H21NO4/c1-5-10(2)16-15(18)9-20-13-7-6-12(11(3)17)8-14(13)19-4/h6-8,10H,5,9H2,1-4H3,(H,16,18). The number of nitrogens with one attached hydrogen (secondary N) is 1. The molecule has 0 aliphatic carbocycles. The summed E-state index contributed by atoms with van der Waals surface area (Å²) in [6.45, 7) is 5.32. The van der Waals surface area contributed by atoms with Crippen LogP contribution in [0.4, 0.5) is 0 Å². The van der Waals surface area contributed by atoms with Crippen LogP contribution in [0.5, 0.6) is 11.5 Å². The summed E-state index contributed by atoms with van der Waals surface area (Å²) in [6, 6.07) is 5.00. The molecule has 0 aliphatic heterocycles. The third-order valence-corrected chi connectivity index (χ3v) is 2.95. The van der Waals surface area contributed by atoms with Gasteiger partial charge in [0.05, 0.1) is 7.11 Å². The topological polar surface area (TPSA) is 64.6 Å². The number of rotatable bonds is 7. The normalized spacial score (nSPS) is 11.6. The van der Waals surface area contributed by atoms with Crippen molar-refractivity contribution in [1.82, 2.24) is 5.32 Å². The predicted octanol–water partition coefficient (Wildman–Crippen LogP) is 2.19. The van der Waals surface area contributed by atoms with Crippen LogP contribution in [-0.2, 0) is 4.79 Å². The van der Waals surface area contributed by atoms with Crippen LogP contribution in [0.25, 0.3) is 0 Å². The SMILES string of the molecule is CCC(C)NC(=O)COc1ccc(C(C)=O)cc1OC. The van der Waals surface area contributed by atoms with E-state index in [1.807, 2.05) is 13.8 Å². The van der Waals surface area contributed by atoms with Crippen molar-refractivity contribution in [2.24, 2.45) is 0 Å². The van der Waals surface area contributed by atoms with E-state index in [0.29, 0.717) is 17.1 Å². The number of methoxy groups -OCH3 is 1. The van der Waals surface area contributed by atoms with Gasteiger partial charge in [-0.15, -0.1) is 0 Å². The Hall–Kier alpha value is -2.04. The average molecular weight is 279 g/mol. The van der Waals surface area contributed by atoms with E-state index in [9.17, 15) is 9.59 Å². The minimum absolute atomic E-state index is 0.0515. The van der Waals surface area contributed by atoms with Gasteiger partial charge in [-0.05, 0) is 38.5 Å². The summed E-state index contributed by atoms with van der Waals surface area (Å²) in [6.07, 6.45) is 0.863. The predicted molar refractivity (Wildman–Crippen MR) is 76.4 cm³/mol. The highest BCUT2D eigenvalue weighted by molar-refractivity contribution is 5.94. The van der Waals surface area contributed by atoms with E-state index in [0.717, 1.165) is 6.42 Å². The summed E-state index contributed by atoms with van der Waals surface area (Å²) in [5.74, 6) is 0.646. The maximum absolute atomic E-state index is 11.6. The summed E-state index contributed by atoms with van der Waals surface area (Å²) < 4.78 is 10.6. The van der Waals surface area contributed by atoms with Gasteiger partial charge >= 0.3 is 0 Å². The number of hydrogen-bond donors (Lipinski definition) is 1. The number of ketones is 1. The number of carbonyl (C=O) groups excluding carboxylic acids is 2. The highest BCUT2D eigenvalue weighted by atomic mass is 16.5. The molecule has 0 bridgehead atoms. The first-order valence-electron chi connectivity index (χ1n) is 6.59. The Morgan fingerprint density at radius 3 is 2.55 bits per heavy atom. The van der Waals surface area contributed by atoms with Crippen molar-refractivity contribution < 1.29 is 19.1 Å². The second-order valence-corrected chi connectivity index (χ2v) is 4.59. The summed E-state index contributed by atoms with van der Waals surface area (Å²) in [7, 11) is 1.49. The summed E-state index contributed by atoms with van der Waals surface area (Å²) in [5, 5.41) is 2.81. The van der Waals surface area contributed by atoms with E-state index in [4.69, 9.17) is 9.47 Å².